The monoisotopic (exact) mass is 512 g/mol. The van der Waals surface area contributed by atoms with Crippen LogP contribution in [-0.2, 0) is 20.0 Å². The molecule has 0 saturated carbocycles. The average molecular weight is 513 g/mol. The van der Waals surface area contributed by atoms with Gasteiger partial charge in [-0.1, -0.05) is 48.5 Å². The molecule has 9 heteroatoms. The van der Waals surface area contributed by atoms with Gasteiger partial charge in [-0.2, -0.15) is 0 Å². The van der Waals surface area contributed by atoms with Crippen molar-refractivity contribution >= 4 is 17.5 Å². The molecule has 4 aromatic rings. The Bertz CT molecular complexity index is 1570. The van der Waals surface area contributed by atoms with Crippen LogP contribution in [0.2, 0.25) is 0 Å². The van der Waals surface area contributed by atoms with Crippen molar-refractivity contribution in [2.75, 3.05) is 4.90 Å². The van der Waals surface area contributed by atoms with Gasteiger partial charge in [0.05, 0.1) is 6.04 Å². The van der Waals surface area contributed by atoms with Crippen LogP contribution < -0.4 is 15.8 Å². The van der Waals surface area contributed by atoms with E-state index in [0.29, 0.717) is 29.7 Å². The molecule has 0 bridgehead atoms. The van der Waals surface area contributed by atoms with E-state index in [-0.39, 0.29) is 18.3 Å². The standard InChI is InChI=1S/C29H25FN4O4/c1-33-26(32-24(25(35)29(33)38)27(36)31-17-18-11-14-21(30)15-12-18)23-16-13-19-7-5-6-10-22(19)34(23)28(37)20-8-3-2-4-9-20/h2-12,14-15,23,35H,13,16-17H2,1H3,(H,31,36). The van der Waals surface area contributed by atoms with Gasteiger partial charge in [-0.15, -0.1) is 0 Å². The van der Waals surface area contributed by atoms with E-state index in [1.165, 1.54) is 35.9 Å². The fourth-order valence-corrected chi connectivity index (χ4v) is 4.69. The Kier molecular flexibility index (Phi) is 6.74. The Balaban J connectivity index is 1.54. The molecule has 1 atom stereocenters. The first-order chi connectivity index (χ1) is 18.3. The van der Waals surface area contributed by atoms with Crippen LogP contribution in [0.5, 0.6) is 5.75 Å². The van der Waals surface area contributed by atoms with Crippen molar-refractivity contribution < 1.29 is 19.1 Å². The Labute approximate surface area is 218 Å². The number of fused-ring (bicyclic) bond motifs is 1. The third-order valence-corrected chi connectivity index (χ3v) is 6.67. The molecule has 192 valence electrons. The molecule has 3 aromatic carbocycles. The maximum Gasteiger partial charge on any atom is 0.296 e. The molecule has 2 amide bonds. The highest BCUT2D eigenvalue weighted by atomic mass is 19.1. The van der Waals surface area contributed by atoms with Gasteiger partial charge in [0.2, 0.25) is 5.75 Å². The molecule has 8 nitrogen and oxygen atoms in total. The first-order valence-electron chi connectivity index (χ1n) is 12.1. The van der Waals surface area contributed by atoms with E-state index in [2.05, 4.69) is 10.3 Å². The van der Waals surface area contributed by atoms with Gasteiger partial charge in [0.25, 0.3) is 17.4 Å². The van der Waals surface area contributed by atoms with Crippen LogP contribution in [0.25, 0.3) is 0 Å². The van der Waals surface area contributed by atoms with Gasteiger partial charge in [0, 0.05) is 24.8 Å². The molecule has 0 fully saturated rings. The van der Waals surface area contributed by atoms with Gasteiger partial charge in [-0.05, 0) is 54.3 Å². The Morgan fingerprint density at radius 1 is 1.03 bits per heavy atom. The Morgan fingerprint density at radius 3 is 2.45 bits per heavy atom. The highest BCUT2D eigenvalue weighted by Crippen LogP contribution is 2.39. The van der Waals surface area contributed by atoms with Crippen LogP contribution in [0.1, 0.15) is 50.3 Å². The van der Waals surface area contributed by atoms with Crippen molar-refractivity contribution in [3.05, 3.63) is 123 Å². The van der Waals surface area contributed by atoms with E-state index >= 15 is 0 Å². The minimum absolute atomic E-state index is 0.0419. The number of nitrogens with zero attached hydrogens (tertiary/aromatic N) is 3. The van der Waals surface area contributed by atoms with E-state index < -0.39 is 34.8 Å². The SMILES string of the molecule is Cn1c(C2CCc3ccccc3N2C(=O)c2ccccc2)nc(C(=O)NCc2ccc(F)cc2)c(O)c1=O. The Morgan fingerprint density at radius 2 is 1.71 bits per heavy atom. The van der Waals surface area contributed by atoms with Crippen LogP contribution in [-0.4, -0.2) is 26.5 Å². The number of benzene rings is 3. The van der Waals surface area contributed by atoms with Gasteiger partial charge < -0.3 is 10.4 Å². The predicted molar refractivity (Wildman–Crippen MR) is 139 cm³/mol. The number of aryl methyl sites for hydroxylation is 1. The zero-order valence-corrected chi connectivity index (χ0v) is 20.6. The number of anilines is 1. The fraction of sp³-hybridized carbons (Fsp3) is 0.172. The van der Waals surface area contributed by atoms with E-state index in [4.69, 9.17) is 0 Å². The van der Waals surface area contributed by atoms with E-state index in [1.807, 2.05) is 30.3 Å². The number of hydrogen-bond acceptors (Lipinski definition) is 5. The van der Waals surface area contributed by atoms with Crippen molar-refractivity contribution in [3.63, 3.8) is 0 Å². The quantitative estimate of drug-likeness (QED) is 0.422. The molecule has 38 heavy (non-hydrogen) atoms. The van der Waals surface area contributed by atoms with Crippen LogP contribution in [0.15, 0.2) is 83.7 Å². The molecule has 0 saturated heterocycles. The minimum Gasteiger partial charge on any atom is -0.501 e. The summed E-state index contributed by atoms with van der Waals surface area (Å²) in [4.78, 5) is 45.8. The lowest BCUT2D eigenvalue weighted by molar-refractivity contribution is 0.0941. The largest absolute Gasteiger partial charge is 0.501 e. The molecule has 5 rings (SSSR count). The molecule has 1 aliphatic heterocycles. The molecule has 0 radical (unpaired) electrons. The molecular weight excluding hydrogens is 487 g/mol. The summed E-state index contributed by atoms with van der Waals surface area (Å²) in [7, 11) is 1.45. The van der Waals surface area contributed by atoms with Gasteiger partial charge in [0.1, 0.15) is 11.6 Å². The number of para-hydroxylation sites is 1. The summed E-state index contributed by atoms with van der Waals surface area (Å²) >= 11 is 0. The van der Waals surface area contributed by atoms with E-state index in [0.717, 1.165) is 5.56 Å². The third kappa shape index (κ3) is 4.66. The second-order valence-corrected chi connectivity index (χ2v) is 9.06. The topological polar surface area (TPSA) is 105 Å². The zero-order valence-electron chi connectivity index (χ0n) is 20.6. The summed E-state index contributed by atoms with van der Waals surface area (Å²) in [5.41, 5.74) is 1.54. The van der Waals surface area contributed by atoms with Crippen LogP contribution >= 0.6 is 0 Å². The van der Waals surface area contributed by atoms with Crippen molar-refractivity contribution in [1.29, 1.82) is 0 Å². The summed E-state index contributed by atoms with van der Waals surface area (Å²) in [6.45, 7) is 0.0419. The molecule has 0 spiro atoms. The number of carbonyl (C=O) groups excluding carboxylic acids is 2. The van der Waals surface area contributed by atoms with Gasteiger partial charge in [-0.3, -0.25) is 23.9 Å². The summed E-state index contributed by atoms with van der Waals surface area (Å²) < 4.78 is 14.4. The normalized spacial score (nSPS) is 14.6. The average Bonchev–Trinajstić information content (AvgIpc) is 2.95. The lowest BCUT2D eigenvalue weighted by Gasteiger charge is -2.37. The molecule has 2 N–H and O–H groups in total. The maximum absolute atomic E-state index is 13.8. The number of aromatic nitrogens is 2. The summed E-state index contributed by atoms with van der Waals surface area (Å²) in [6, 6.07) is 21.3. The van der Waals surface area contributed by atoms with Gasteiger partial charge >= 0.3 is 0 Å². The van der Waals surface area contributed by atoms with Crippen molar-refractivity contribution in [2.45, 2.75) is 25.4 Å². The van der Waals surface area contributed by atoms with Gasteiger partial charge in [-0.25, -0.2) is 9.37 Å². The number of nitrogens with one attached hydrogen (secondary N) is 1. The first kappa shape index (κ1) is 24.9. The van der Waals surface area contributed by atoms with E-state index in [9.17, 15) is 23.9 Å². The van der Waals surface area contributed by atoms with Crippen molar-refractivity contribution in [3.8, 4) is 5.75 Å². The Hall–Kier alpha value is -4.79. The smallest absolute Gasteiger partial charge is 0.296 e. The molecule has 1 unspecified atom stereocenters. The number of rotatable bonds is 5. The highest BCUT2D eigenvalue weighted by Gasteiger charge is 2.36. The second kappa shape index (κ2) is 10.3. The van der Waals surface area contributed by atoms with Crippen molar-refractivity contribution in [2.24, 2.45) is 7.05 Å². The number of halogens is 1. The maximum atomic E-state index is 13.8. The van der Waals surface area contributed by atoms with Crippen LogP contribution in [0.4, 0.5) is 10.1 Å². The molecule has 1 aliphatic rings. The fourth-order valence-electron chi connectivity index (χ4n) is 4.69. The molecule has 0 aliphatic carbocycles. The predicted octanol–water partition coefficient (Wildman–Crippen LogP) is 3.89. The van der Waals surface area contributed by atoms with Crippen LogP contribution in [0, 0.1) is 5.82 Å². The number of aromatic hydroxyl groups is 1. The second-order valence-electron chi connectivity index (χ2n) is 9.06. The van der Waals surface area contributed by atoms with Crippen LogP contribution in [0.3, 0.4) is 0 Å². The first-order valence-corrected chi connectivity index (χ1v) is 12.1. The van der Waals surface area contributed by atoms with E-state index in [1.54, 1.807) is 29.2 Å². The summed E-state index contributed by atoms with van der Waals surface area (Å²) in [5, 5.41) is 13.1. The minimum atomic E-state index is -0.798. The highest BCUT2D eigenvalue weighted by molar-refractivity contribution is 6.07. The molecule has 1 aromatic heterocycles. The number of amides is 2. The zero-order chi connectivity index (χ0) is 26.8. The van der Waals surface area contributed by atoms with Gasteiger partial charge in [0.15, 0.2) is 5.69 Å². The molecule has 2 heterocycles. The molecular formula is C29H25FN4O4. The summed E-state index contributed by atoms with van der Waals surface area (Å²) in [6.07, 6.45) is 1.08. The number of hydrogen-bond donors (Lipinski definition) is 2. The lowest BCUT2D eigenvalue weighted by atomic mass is 9.94. The third-order valence-electron chi connectivity index (χ3n) is 6.67. The van der Waals surface area contributed by atoms with Crippen molar-refractivity contribution in [1.82, 2.24) is 14.9 Å². The summed E-state index contributed by atoms with van der Waals surface area (Å²) in [5.74, 6) is -2.04. The number of carbonyl (C=O) groups is 2. The lowest BCUT2D eigenvalue weighted by Crippen LogP contribution is -2.42.